The molecule has 3 heteroatoms. The van der Waals surface area contributed by atoms with Gasteiger partial charge >= 0.3 is 5.97 Å². The Morgan fingerprint density at radius 2 is 2.07 bits per heavy atom. The van der Waals surface area contributed by atoms with Crippen molar-refractivity contribution in [3.8, 4) is 0 Å². The zero-order chi connectivity index (χ0) is 10.4. The van der Waals surface area contributed by atoms with Crippen LogP contribution in [0, 0.1) is 5.92 Å². The van der Waals surface area contributed by atoms with Crippen LogP contribution in [0.15, 0.2) is 0 Å². The number of hydrogen-bond donors (Lipinski definition) is 2. The summed E-state index contributed by atoms with van der Waals surface area (Å²) in [5, 5.41) is 11.7. The van der Waals surface area contributed by atoms with Crippen molar-refractivity contribution in [3.63, 3.8) is 0 Å². The molecule has 1 fully saturated rings. The topological polar surface area (TPSA) is 49.3 Å². The highest BCUT2D eigenvalue weighted by atomic mass is 16.4. The lowest BCUT2D eigenvalue weighted by atomic mass is 9.85. The molecule has 0 radical (unpaired) electrons. The van der Waals surface area contributed by atoms with Crippen molar-refractivity contribution in [1.29, 1.82) is 0 Å². The fourth-order valence-corrected chi connectivity index (χ4v) is 2.27. The lowest BCUT2D eigenvalue weighted by Gasteiger charge is -2.22. The van der Waals surface area contributed by atoms with Crippen molar-refractivity contribution >= 4 is 5.97 Å². The number of hydrogen-bond acceptors (Lipinski definition) is 2. The summed E-state index contributed by atoms with van der Waals surface area (Å²) in [6, 6.07) is -0.350. The molecule has 1 aliphatic rings. The normalized spacial score (nSPS) is 20.6. The second-order valence-electron chi connectivity index (χ2n) is 4.26. The second-order valence-corrected chi connectivity index (χ2v) is 4.26. The lowest BCUT2D eigenvalue weighted by Crippen LogP contribution is -2.34. The Bertz CT molecular complexity index is 176. The van der Waals surface area contributed by atoms with E-state index in [2.05, 4.69) is 5.32 Å². The highest BCUT2D eigenvalue weighted by Gasteiger charge is 2.18. The predicted molar refractivity (Wildman–Crippen MR) is 56.3 cm³/mol. The Morgan fingerprint density at radius 1 is 1.43 bits per heavy atom. The van der Waals surface area contributed by atoms with Crippen LogP contribution in [0.2, 0.25) is 0 Å². The van der Waals surface area contributed by atoms with Crippen LogP contribution in [0.3, 0.4) is 0 Å². The van der Waals surface area contributed by atoms with E-state index in [1.54, 1.807) is 7.05 Å². The van der Waals surface area contributed by atoms with E-state index in [0.29, 0.717) is 0 Å². The lowest BCUT2D eigenvalue weighted by molar-refractivity contribution is -0.139. The zero-order valence-electron chi connectivity index (χ0n) is 8.96. The van der Waals surface area contributed by atoms with E-state index in [1.807, 2.05) is 0 Å². The van der Waals surface area contributed by atoms with Gasteiger partial charge in [-0.25, -0.2) is 0 Å². The Balaban J connectivity index is 2.20. The van der Waals surface area contributed by atoms with Gasteiger partial charge in [-0.3, -0.25) is 4.79 Å². The average molecular weight is 199 g/mol. The van der Waals surface area contributed by atoms with Gasteiger partial charge in [-0.1, -0.05) is 32.1 Å². The maximum absolute atomic E-state index is 10.7. The average Bonchev–Trinajstić information content (AvgIpc) is 2.20. The summed E-state index contributed by atoms with van der Waals surface area (Å²) in [5.74, 6) is 0.0576. The van der Waals surface area contributed by atoms with Crippen LogP contribution in [0.5, 0.6) is 0 Å². The number of likely N-dealkylation sites (N-methyl/N-ethyl adjacent to an activating group) is 1. The molecule has 1 aliphatic carbocycles. The molecule has 0 aromatic carbocycles. The Hall–Kier alpha value is -0.570. The van der Waals surface area contributed by atoms with Crippen LogP contribution in [0.4, 0.5) is 0 Å². The van der Waals surface area contributed by atoms with Gasteiger partial charge in [0.05, 0.1) is 0 Å². The summed E-state index contributed by atoms with van der Waals surface area (Å²) in [5.41, 5.74) is 0. The molecule has 0 spiro atoms. The van der Waals surface area contributed by atoms with E-state index in [4.69, 9.17) is 5.11 Å². The minimum atomic E-state index is -0.719. The molecule has 0 unspecified atom stereocenters. The summed E-state index contributed by atoms with van der Waals surface area (Å²) in [6.45, 7) is 0. The van der Waals surface area contributed by atoms with E-state index in [9.17, 15) is 4.79 Å². The molecule has 14 heavy (non-hydrogen) atoms. The monoisotopic (exact) mass is 199 g/mol. The van der Waals surface area contributed by atoms with E-state index < -0.39 is 5.97 Å². The zero-order valence-corrected chi connectivity index (χ0v) is 8.96. The first-order valence-corrected chi connectivity index (χ1v) is 5.64. The van der Waals surface area contributed by atoms with Gasteiger partial charge in [-0.05, 0) is 25.8 Å². The number of carbonyl (C=O) groups is 1. The number of carboxylic acids is 1. The molecule has 2 N–H and O–H groups in total. The molecule has 1 rings (SSSR count). The number of nitrogens with one attached hydrogen (secondary N) is 1. The fraction of sp³-hybridized carbons (Fsp3) is 0.909. The van der Waals surface area contributed by atoms with Gasteiger partial charge in [0.15, 0.2) is 0 Å². The third-order valence-electron chi connectivity index (χ3n) is 3.23. The summed E-state index contributed by atoms with van der Waals surface area (Å²) in [6.07, 6.45) is 8.48. The van der Waals surface area contributed by atoms with Crippen LogP contribution in [-0.2, 0) is 4.79 Å². The smallest absolute Gasteiger partial charge is 0.320 e. The van der Waals surface area contributed by atoms with E-state index in [1.165, 1.54) is 32.1 Å². The van der Waals surface area contributed by atoms with E-state index >= 15 is 0 Å². The van der Waals surface area contributed by atoms with Crippen molar-refractivity contribution in [2.24, 2.45) is 5.92 Å². The summed E-state index contributed by atoms with van der Waals surface area (Å²) >= 11 is 0. The number of carboxylic acid groups (broad SMARTS) is 1. The van der Waals surface area contributed by atoms with Crippen LogP contribution in [-0.4, -0.2) is 24.2 Å². The second kappa shape index (κ2) is 6.02. The minimum Gasteiger partial charge on any atom is -0.480 e. The van der Waals surface area contributed by atoms with Gasteiger partial charge in [-0.15, -0.1) is 0 Å². The minimum absolute atomic E-state index is 0.350. The molecule has 0 saturated heterocycles. The standard InChI is InChI=1S/C11H21NO2/c1-12-10(11(13)14)8-7-9-5-3-2-4-6-9/h9-10,12H,2-8H2,1H3,(H,13,14)/t10-/m1/s1. The molecule has 1 atom stereocenters. The quantitative estimate of drug-likeness (QED) is 0.712. The Morgan fingerprint density at radius 3 is 2.57 bits per heavy atom. The van der Waals surface area contributed by atoms with Crippen LogP contribution in [0.25, 0.3) is 0 Å². The molecule has 82 valence electrons. The molecule has 0 amide bonds. The first kappa shape index (κ1) is 11.5. The highest BCUT2D eigenvalue weighted by molar-refractivity contribution is 5.73. The molecule has 0 bridgehead atoms. The Labute approximate surface area is 85.9 Å². The van der Waals surface area contributed by atoms with Gasteiger partial charge in [0, 0.05) is 0 Å². The molecule has 3 nitrogen and oxygen atoms in total. The van der Waals surface area contributed by atoms with Gasteiger partial charge in [0.1, 0.15) is 6.04 Å². The summed E-state index contributed by atoms with van der Waals surface area (Å²) in [4.78, 5) is 10.7. The van der Waals surface area contributed by atoms with Gasteiger partial charge < -0.3 is 10.4 Å². The summed E-state index contributed by atoms with van der Waals surface area (Å²) < 4.78 is 0. The first-order chi connectivity index (χ1) is 6.74. The van der Waals surface area contributed by atoms with Crippen LogP contribution >= 0.6 is 0 Å². The first-order valence-electron chi connectivity index (χ1n) is 5.64. The molecule has 0 heterocycles. The number of aliphatic carboxylic acids is 1. The van der Waals surface area contributed by atoms with Gasteiger partial charge in [0.25, 0.3) is 0 Å². The maximum Gasteiger partial charge on any atom is 0.320 e. The molecule has 0 aromatic heterocycles. The molecule has 1 saturated carbocycles. The maximum atomic E-state index is 10.7. The van der Waals surface area contributed by atoms with Gasteiger partial charge in [0.2, 0.25) is 0 Å². The van der Waals surface area contributed by atoms with Crippen molar-refractivity contribution in [3.05, 3.63) is 0 Å². The molecular weight excluding hydrogens is 178 g/mol. The van der Waals surface area contributed by atoms with Crippen LogP contribution < -0.4 is 5.32 Å². The largest absolute Gasteiger partial charge is 0.480 e. The molecular formula is C11H21NO2. The SMILES string of the molecule is CN[C@H](CCC1CCCCC1)C(=O)O. The van der Waals surface area contributed by atoms with Crippen LogP contribution in [0.1, 0.15) is 44.9 Å². The van der Waals surface area contributed by atoms with Crippen molar-refractivity contribution < 1.29 is 9.90 Å². The molecule has 0 aliphatic heterocycles. The van der Waals surface area contributed by atoms with Crippen molar-refractivity contribution in [2.45, 2.75) is 51.0 Å². The molecule has 0 aromatic rings. The summed E-state index contributed by atoms with van der Waals surface area (Å²) in [7, 11) is 1.72. The van der Waals surface area contributed by atoms with Gasteiger partial charge in [-0.2, -0.15) is 0 Å². The highest BCUT2D eigenvalue weighted by Crippen LogP contribution is 2.27. The fourth-order valence-electron chi connectivity index (χ4n) is 2.27. The van der Waals surface area contributed by atoms with Crippen molar-refractivity contribution in [2.75, 3.05) is 7.05 Å². The number of rotatable bonds is 5. The van der Waals surface area contributed by atoms with E-state index in [-0.39, 0.29) is 6.04 Å². The van der Waals surface area contributed by atoms with E-state index in [0.717, 1.165) is 18.8 Å². The predicted octanol–water partition coefficient (Wildman–Crippen LogP) is 2.02. The van der Waals surface area contributed by atoms with Crippen molar-refractivity contribution in [1.82, 2.24) is 5.32 Å². The Kier molecular flexibility index (Phi) is 4.94. The third kappa shape index (κ3) is 3.66. The third-order valence-corrected chi connectivity index (χ3v) is 3.23.